The molecular formula is C14H19BrN2O. The second-order valence-electron chi connectivity index (χ2n) is 4.89. The van der Waals surface area contributed by atoms with E-state index in [1.165, 1.54) is 0 Å². The Labute approximate surface area is 117 Å². The van der Waals surface area contributed by atoms with Crippen molar-refractivity contribution in [2.24, 2.45) is 0 Å². The maximum Gasteiger partial charge on any atom is 0.255 e. The van der Waals surface area contributed by atoms with Crippen LogP contribution in [-0.4, -0.2) is 48.9 Å². The first-order valence-corrected chi connectivity index (χ1v) is 7.12. The maximum absolute atomic E-state index is 12.5. The number of hydrogen-bond donors (Lipinski definition) is 0. The molecular weight excluding hydrogens is 292 g/mol. The zero-order valence-electron chi connectivity index (χ0n) is 10.9. The van der Waals surface area contributed by atoms with Crippen molar-refractivity contribution in [1.82, 2.24) is 9.80 Å². The third-order valence-electron chi connectivity index (χ3n) is 3.43. The number of carbonyl (C=O) groups is 1. The molecule has 0 radical (unpaired) electrons. The van der Waals surface area contributed by atoms with E-state index in [4.69, 9.17) is 0 Å². The zero-order chi connectivity index (χ0) is 13.1. The normalized spacial score (nSPS) is 17.6. The Balaban J connectivity index is 2.18. The van der Waals surface area contributed by atoms with Crippen molar-refractivity contribution in [3.63, 3.8) is 0 Å². The van der Waals surface area contributed by atoms with E-state index in [-0.39, 0.29) is 5.91 Å². The van der Waals surface area contributed by atoms with Crippen LogP contribution >= 0.6 is 15.9 Å². The van der Waals surface area contributed by atoms with Gasteiger partial charge >= 0.3 is 0 Å². The minimum Gasteiger partial charge on any atom is -0.337 e. The van der Waals surface area contributed by atoms with Crippen LogP contribution in [0.2, 0.25) is 0 Å². The zero-order valence-corrected chi connectivity index (χ0v) is 12.5. The fourth-order valence-corrected chi connectivity index (χ4v) is 2.67. The minimum atomic E-state index is 0.140. The van der Waals surface area contributed by atoms with Gasteiger partial charge in [0.1, 0.15) is 0 Å². The van der Waals surface area contributed by atoms with Gasteiger partial charge in [0.05, 0.1) is 5.56 Å². The van der Waals surface area contributed by atoms with Gasteiger partial charge in [-0.05, 0) is 54.5 Å². The van der Waals surface area contributed by atoms with Crippen LogP contribution < -0.4 is 0 Å². The topological polar surface area (TPSA) is 23.6 Å². The molecule has 98 valence electrons. The minimum absolute atomic E-state index is 0.140. The summed E-state index contributed by atoms with van der Waals surface area (Å²) in [4.78, 5) is 16.7. The summed E-state index contributed by atoms with van der Waals surface area (Å²) in [5.41, 5.74) is 1.88. The van der Waals surface area contributed by atoms with Gasteiger partial charge in [-0.15, -0.1) is 0 Å². The highest BCUT2D eigenvalue weighted by molar-refractivity contribution is 9.10. The lowest BCUT2D eigenvalue weighted by molar-refractivity contribution is 0.0762. The van der Waals surface area contributed by atoms with Gasteiger partial charge in [0.15, 0.2) is 0 Å². The molecule has 3 nitrogen and oxygen atoms in total. The quantitative estimate of drug-likeness (QED) is 0.796. The molecule has 0 bridgehead atoms. The summed E-state index contributed by atoms with van der Waals surface area (Å²) in [6.07, 6.45) is 1.05. The van der Waals surface area contributed by atoms with Gasteiger partial charge in [-0.1, -0.05) is 12.1 Å². The van der Waals surface area contributed by atoms with Gasteiger partial charge in [0.25, 0.3) is 5.91 Å². The van der Waals surface area contributed by atoms with Gasteiger partial charge in [0.2, 0.25) is 0 Å². The number of amides is 1. The van der Waals surface area contributed by atoms with E-state index >= 15 is 0 Å². The molecule has 0 unspecified atom stereocenters. The average Bonchev–Trinajstić information content (AvgIpc) is 2.57. The Morgan fingerprint density at radius 2 is 2.00 bits per heavy atom. The lowest BCUT2D eigenvalue weighted by Crippen LogP contribution is -2.34. The lowest BCUT2D eigenvalue weighted by atomic mass is 10.1. The number of benzene rings is 1. The summed E-state index contributed by atoms with van der Waals surface area (Å²) < 4.78 is 0.924. The molecule has 1 aromatic carbocycles. The van der Waals surface area contributed by atoms with Gasteiger partial charge in [0, 0.05) is 24.1 Å². The van der Waals surface area contributed by atoms with Crippen molar-refractivity contribution in [1.29, 1.82) is 0 Å². The van der Waals surface area contributed by atoms with Crippen LogP contribution in [0.5, 0.6) is 0 Å². The largest absolute Gasteiger partial charge is 0.337 e. The monoisotopic (exact) mass is 310 g/mol. The highest BCUT2D eigenvalue weighted by Gasteiger charge is 2.20. The van der Waals surface area contributed by atoms with Gasteiger partial charge in [-0.25, -0.2) is 0 Å². The van der Waals surface area contributed by atoms with Crippen LogP contribution in [0.1, 0.15) is 22.3 Å². The predicted molar refractivity (Wildman–Crippen MR) is 76.9 cm³/mol. The molecule has 1 heterocycles. The van der Waals surface area contributed by atoms with E-state index in [1.54, 1.807) is 0 Å². The molecule has 0 aromatic heterocycles. The molecule has 0 atom stereocenters. The lowest BCUT2D eigenvalue weighted by Gasteiger charge is -2.21. The summed E-state index contributed by atoms with van der Waals surface area (Å²) in [5, 5.41) is 0. The molecule has 1 saturated heterocycles. The van der Waals surface area contributed by atoms with Crippen LogP contribution in [0.3, 0.4) is 0 Å². The average molecular weight is 311 g/mol. The number of halogens is 1. The van der Waals surface area contributed by atoms with Crippen LogP contribution in [0, 0.1) is 6.92 Å². The van der Waals surface area contributed by atoms with Crippen LogP contribution in [-0.2, 0) is 0 Å². The Hall–Kier alpha value is -0.870. The first-order chi connectivity index (χ1) is 8.59. The summed E-state index contributed by atoms with van der Waals surface area (Å²) in [6, 6.07) is 5.85. The van der Waals surface area contributed by atoms with E-state index in [2.05, 4.69) is 27.9 Å². The molecule has 0 aliphatic carbocycles. The first kappa shape index (κ1) is 13.6. The number of carbonyl (C=O) groups excluding carboxylic acids is 1. The molecule has 1 aliphatic heterocycles. The first-order valence-electron chi connectivity index (χ1n) is 6.32. The van der Waals surface area contributed by atoms with Crippen molar-refractivity contribution >= 4 is 21.8 Å². The summed E-state index contributed by atoms with van der Waals surface area (Å²) in [7, 11) is 2.11. The fourth-order valence-electron chi connectivity index (χ4n) is 2.23. The van der Waals surface area contributed by atoms with Crippen molar-refractivity contribution in [2.75, 3.05) is 33.2 Å². The summed E-state index contributed by atoms with van der Waals surface area (Å²) in [6.45, 7) is 5.70. The third-order valence-corrected chi connectivity index (χ3v) is 4.48. The predicted octanol–water partition coefficient (Wildman–Crippen LogP) is 2.54. The van der Waals surface area contributed by atoms with Crippen molar-refractivity contribution in [3.8, 4) is 0 Å². The number of nitrogens with zero attached hydrogens (tertiary/aromatic N) is 2. The second kappa shape index (κ2) is 5.85. The van der Waals surface area contributed by atoms with Gasteiger partial charge in [-0.2, -0.15) is 0 Å². The highest BCUT2D eigenvalue weighted by Crippen LogP contribution is 2.22. The Morgan fingerprint density at radius 3 is 2.78 bits per heavy atom. The SMILES string of the molecule is Cc1cccc(C(=O)N2CCCN(C)CC2)c1Br. The number of aryl methyl sites for hydroxylation is 1. The standard InChI is InChI=1S/C14H19BrN2O/c1-11-5-3-6-12(13(11)15)14(18)17-8-4-7-16(2)9-10-17/h3,5-6H,4,7-10H2,1-2H3. The van der Waals surface area contributed by atoms with E-state index in [1.807, 2.05) is 30.0 Å². The smallest absolute Gasteiger partial charge is 0.255 e. The van der Waals surface area contributed by atoms with Crippen LogP contribution in [0.25, 0.3) is 0 Å². The molecule has 0 spiro atoms. The Bertz CT molecular complexity index is 447. The summed E-state index contributed by atoms with van der Waals surface area (Å²) in [5.74, 6) is 0.140. The van der Waals surface area contributed by atoms with Crippen molar-refractivity contribution in [2.45, 2.75) is 13.3 Å². The second-order valence-corrected chi connectivity index (χ2v) is 5.68. The number of rotatable bonds is 1. The van der Waals surface area contributed by atoms with Gasteiger partial charge in [-0.3, -0.25) is 4.79 Å². The number of likely N-dealkylation sites (N-methyl/N-ethyl adjacent to an activating group) is 1. The van der Waals surface area contributed by atoms with E-state index in [9.17, 15) is 4.79 Å². The molecule has 0 N–H and O–H groups in total. The third kappa shape index (κ3) is 2.93. The van der Waals surface area contributed by atoms with E-state index < -0.39 is 0 Å². The molecule has 18 heavy (non-hydrogen) atoms. The highest BCUT2D eigenvalue weighted by atomic mass is 79.9. The molecule has 1 aliphatic rings. The molecule has 0 saturated carbocycles. The van der Waals surface area contributed by atoms with Crippen LogP contribution in [0.15, 0.2) is 22.7 Å². The van der Waals surface area contributed by atoms with Crippen molar-refractivity contribution in [3.05, 3.63) is 33.8 Å². The fraction of sp³-hybridized carbons (Fsp3) is 0.500. The summed E-state index contributed by atoms with van der Waals surface area (Å²) >= 11 is 3.52. The van der Waals surface area contributed by atoms with E-state index in [0.29, 0.717) is 0 Å². The Morgan fingerprint density at radius 1 is 1.22 bits per heavy atom. The van der Waals surface area contributed by atoms with Crippen LogP contribution in [0.4, 0.5) is 0 Å². The maximum atomic E-state index is 12.5. The molecule has 1 amide bonds. The van der Waals surface area contributed by atoms with Gasteiger partial charge < -0.3 is 9.80 Å². The Kier molecular flexibility index (Phi) is 4.40. The number of hydrogen-bond acceptors (Lipinski definition) is 2. The van der Waals surface area contributed by atoms with Crippen molar-refractivity contribution < 1.29 is 4.79 Å². The molecule has 1 aromatic rings. The van der Waals surface area contributed by atoms with E-state index in [0.717, 1.165) is 48.2 Å². The molecule has 4 heteroatoms. The molecule has 1 fully saturated rings. The molecule has 2 rings (SSSR count).